The molecule has 1 aromatic carbocycles. The number of benzene rings is 1. The third-order valence-electron chi connectivity index (χ3n) is 3.59. The molecule has 1 unspecified atom stereocenters. The van der Waals surface area contributed by atoms with E-state index in [9.17, 15) is 4.79 Å². The van der Waals surface area contributed by atoms with Crippen LogP contribution < -0.4 is 11.1 Å². The van der Waals surface area contributed by atoms with Gasteiger partial charge in [-0.1, -0.05) is 31.2 Å². The zero-order valence-corrected chi connectivity index (χ0v) is 11.0. The predicted molar refractivity (Wildman–Crippen MR) is 73.2 cm³/mol. The van der Waals surface area contributed by atoms with E-state index in [0.717, 1.165) is 12.0 Å². The Balaban J connectivity index is 1.85. The van der Waals surface area contributed by atoms with Crippen LogP contribution in [-0.2, 0) is 17.6 Å². The standard InChI is InChI=1S/C15H22N2O/c1-2-11-3-5-12(6-4-11)9-15(18)17-14(10-16)13-7-8-13/h3-6,13-14H,2,7-10,16H2,1H3,(H,17,18). The van der Waals surface area contributed by atoms with Crippen LogP contribution in [0.3, 0.4) is 0 Å². The van der Waals surface area contributed by atoms with Gasteiger partial charge in [-0.15, -0.1) is 0 Å². The molecule has 1 atom stereocenters. The van der Waals surface area contributed by atoms with Gasteiger partial charge in [0, 0.05) is 12.6 Å². The first-order chi connectivity index (χ1) is 8.72. The van der Waals surface area contributed by atoms with Gasteiger partial charge in [-0.2, -0.15) is 0 Å². The molecular weight excluding hydrogens is 224 g/mol. The van der Waals surface area contributed by atoms with E-state index in [0.29, 0.717) is 18.9 Å². The zero-order chi connectivity index (χ0) is 13.0. The van der Waals surface area contributed by atoms with Crippen molar-refractivity contribution < 1.29 is 4.79 Å². The summed E-state index contributed by atoms with van der Waals surface area (Å²) in [6, 6.07) is 8.42. The quantitative estimate of drug-likeness (QED) is 0.802. The van der Waals surface area contributed by atoms with E-state index in [2.05, 4.69) is 24.4 Å². The van der Waals surface area contributed by atoms with Gasteiger partial charge in [0.15, 0.2) is 0 Å². The lowest BCUT2D eigenvalue weighted by atomic mass is 10.1. The molecule has 0 saturated heterocycles. The number of hydrogen-bond donors (Lipinski definition) is 2. The summed E-state index contributed by atoms with van der Waals surface area (Å²) < 4.78 is 0. The molecule has 3 nitrogen and oxygen atoms in total. The van der Waals surface area contributed by atoms with Gasteiger partial charge in [0.05, 0.1) is 6.42 Å². The summed E-state index contributed by atoms with van der Waals surface area (Å²) in [4.78, 5) is 11.9. The Kier molecular flexibility index (Phi) is 4.37. The minimum atomic E-state index is 0.0848. The molecule has 1 aromatic rings. The highest BCUT2D eigenvalue weighted by Gasteiger charge is 2.31. The highest BCUT2D eigenvalue weighted by atomic mass is 16.1. The number of hydrogen-bond acceptors (Lipinski definition) is 2. The molecule has 2 rings (SSSR count). The first-order valence-electron chi connectivity index (χ1n) is 6.80. The van der Waals surface area contributed by atoms with E-state index < -0.39 is 0 Å². The second-order valence-corrected chi connectivity index (χ2v) is 5.09. The summed E-state index contributed by atoms with van der Waals surface area (Å²) in [5.41, 5.74) is 8.05. The third kappa shape index (κ3) is 3.57. The number of carbonyl (C=O) groups is 1. The maximum Gasteiger partial charge on any atom is 0.224 e. The van der Waals surface area contributed by atoms with Crippen LogP contribution in [0.1, 0.15) is 30.9 Å². The summed E-state index contributed by atoms with van der Waals surface area (Å²) in [5.74, 6) is 0.697. The normalized spacial score (nSPS) is 16.3. The fourth-order valence-corrected chi connectivity index (χ4v) is 2.20. The lowest BCUT2D eigenvalue weighted by Gasteiger charge is -2.16. The molecule has 0 heterocycles. The maximum atomic E-state index is 11.9. The van der Waals surface area contributed by atoms with Crippen molar-refractivity contribution in [3.8, 4) is 0 Å². The monoisotopic (exact) mass is 246 g/mol. The molecule has 0 bridgehead atoms. The predicted octanol–water partition coefficient (Wildman–Crippen LogP) is 1.64. The Morgan fingerprint density at radius 3 is 2.44 bits per heavy atom. The molecule has 0 radical (unpaired) electrons. The highest BCUT2D eigenvalue weighted by Crippen LogP contribution is 2.32. The molecule has 0 aliphatic heterocycles. The van der Waals surface area contributed by atoms with Gasteiger partial charge >= 0.3 is 0 Å². The van der Waals surface area contributed by atoms with Crippen LogP contribution in [0.25, 0.3) is 0 Å². The molecule has 1 aliphatic rings. The number of nitrogens with two attached hydrogens (primary N) is 1. The first kappa shape index (κ1) is 13.1. The van der Waals surface area contributed by atoms with Crippen molar-refractivity contribution in [2.45, 2.75) is 38.6 Å². The van der Waals surface area contributed by atoms with Crippen molar-refractivity contribution in [2.24, 2.45) is 11.7 Å². The van der Waals surface area contributed by atoms with Gasteiger partial charge in [0.2, 0.25) is 5.91 Å². The van der Waals surface area contributed by atoms with E-state index in [1.54, 1.807) is 0 Å². The van der Waals surface area contributed by atoms with Crippen molar-refractivity contribution >= 4 is 5.91 Å². The third-order valence-corrected chi connectivity index (χ3v) is 3.59. The molecule has 98 valence electrons. The number of rotatable bonds is 6. The second-order valence-electron chi connectivity index (χ2n) is 5.09. The smallest absolute Gasteiger partial charge is 0.224 e. The van der Waals surface area contributed by atoms with Crippen LogP contribution in [0.4, 0.5) is 0 Å². The van der Waals surface area contributed by atoms with Crippen LogP contribution in [0.2, 0.25) is 0 Å². The Morgan fingerprint density at radius 2 is 1.94 bits per heavy atom. The van der Waals surface area contributed by atoms with Crippen LogP contribution in [0.15, 0.2) is 24.3 Å². The molecule has 18 heavy (non-hydrogen) atoms. The molecule has 0 aromatic heterocycles. The Morgan fingerprint density at radius 1 is 1.33 bits per heavy atom. The lowest BCUT2D eigenvalue weighted by Crippen LogP contribution is -2.42. The number of aryl methyl sites for hydroxylation is 1. The van der Waals surface area contributed by atoms with E-state index in [-0.39, 0.29) is 11.9 Å². The van der Waals surface area contributed by atoms with Crippen molar-refractivity contribution in [1.82, 2.24) is 5.32 Å². The van der Waals surface area contributed by atoms with Crippen molar-refractivity contribution in [1.29, 1.82) is 0 Å². The van der Waals surface area contributed by atoms with E-state index in [1.165, 1.54) is 18.4 Å². The molecule has 1 aliphatic carbocycles. The van der Waals surface area contributed by atoms with Crippen LogP contribution in [0.5, 0.6) is 0 Å². The van der Waals surface area contributed by atoms with E-state index in [1.807, 2.05) is 12.1 Å². The first-order valence-corrected chi connectivity index (χ1v) is 6.80. The maximum absolute atomic E-state index is 11.9. The SMILES string of the molecule is CCc1ccc(CC(=O)NC(CN)C2CC2)cc1. The molecule has 0 spiro atoms. The molecule has 1 amide bonds. The average molecular weight is 246 g/mol. The summed E-state index contributed by atoms with van der Waals surface area (Å²) in [7, 11) is 0. The van der Waals surface area contributed by atoms with Crippen molar-refractivity contribution in [2.75, 3.05) is 6.54 Å². The molecule has 3 N–H and O–H groups in total. The van der Waals surface area contributed by atoms with Crippen molar-refractivity contribution in [3.05, 3.63) is 35.4 Å². The van der Waals surface area contributed by atoms with Gasteiger partial charge in [-0.25, -0.2) is 0 Å². The van der Waals surface area contributed by atoms with E-state index in [4.69, 9.17) is 5.73 Å². The second kappa shape index (κ2) is 6.01. The largest absolute Gasteiger partial charge is 0.352 e. The summed E-state index contributed by atoms with van der Waals surface area (Å²) in [6.45, 7) is 2.67. The van der Waals surface area contributed by atoms with Gasteiger partial charge in [-0.3, -0.25) is 4.79 Å². The Bertz CT molecular complexity index is 395. The van der Waals surface area contributed by atoms with Crippen LogP contribution >= 0.6 is 0 Å². The van der Waals surface area contributed by atoms with Gasteiger partial charge in [-0.05, 0) is 36.3 Å². The molecule has 1 saturated carbocycles. The lowest BCUT2D eigenvalue weighted by molar-refractivity contribution is -0.121. The summed E-state index contributed by atoms with van der Waals surface area (Å²) >= 11 is 0. The fourth-order valence-electron chi connectivity index (χ4n) is 2.20. The van der Waals surface area contributed by atoms with Crippen molar-refractivity contribution in [3.63, 3.8) is 0 Å². The van der Waals surface area contributed by atoms with E-state index >= 15 is 0 Å². The molecule has 1 fully saturated rings. The Hall–Kier alpha value is -1.35. The van der Waals surface area contributed by atoms with Crippen LogP contribution in [-0.4, -0.2) is 18.5 Å². The fraction of sp³-hybridized carbons (Fsp3) is 0.533. The number of nitrogens with one attached hydrogen (secondary N) is 1. The average Bonchev–Trinajstić information content (AvgIpc) is 3.21. The van der Waals surface area contributed by atoms with Gasteiger partial charge in [0.25, 0.3) is 0 Å². The highest BCUT2D eigenvalue weighted by molar-refractivity contribution is 5.79. The topological polar surface area (TPSA) is 55.1 Å². The molecular formula is C15H22N2O. The van der Waals surface area contributed by atoms with Gasteiger partial charge < -0.3 is 11.1 Å². The minimum absolute atomic E-state index is 0.0848. The number of carbonyl (C=O) groups excluding carboxylic acids is 1. The molecule has 3 heteroatoms. The summed E-state index contributed by atoms with van der Waals surface area (Å²) in [5, 5.41) is 3.04. The minimum Gasteiger partial charge on any atom is -0.352 e. The van der Waals surface area contributed by atoms with Gasteiger partial charge in [0.1, 0.15) is 0 Å². The van der Waals surface area contributed by atoms with Crippen LogP contribution in [0, 0.1) is 5.92 Å². The Labute approximate surface area is 109 Å². The zero-order valence-electron chi connectivity index (χ0n) is 11.0. The summed E-state index contributed by atoms with van der Waals surface area (Å²) in [6.07, 6.45) is 3.89. The number of amides is 1.